The Hall–Kier alpha value is -3.81. The van der Waals surface area contributed by atoms with Crippen molar-refractivity contribution in [2.45, 2.75) is 31.2 Å². The highest BCUT2D eigenvalue weighted by atomic mass is 16.6. The van der Waals surface area contributed by atoms with Gasteiger partial charge in [0.25, 0.3) is 0 Å². The van der Waals surface area contributed by atoms with Crippen molar-refractivity contribution in [3.63, 3.8) is 0 Å². The van der Waals surface area contributed by atoms with Crippen LogP contribution in [0, 0.1) is 0 Å². The van der Waals surface area contributed by atoms with E-state index in [-0.39, 0.29) is 25.6 Å². The van der Waals surface area contributed by atoms with Crippen LogP contribution in [-0.2, 0) is 14.3 Å². The number of aliphatic carboxylic acids is 1. The monoisotopic (exact) mass is 466 g/mol. The van der Waals surface area contributed by atoms with Gasteiger partial charge in [-0.1, -0.05) is 61.2 Å². The molecule has 0 aliphatic heterocycles. The number of nitrogens with zero attached hydrogens (tertiary/aromatic N) is 1. The topological polar surface area (TPSA) is 105 Å². The second-order valence-corrected chi connectivity index (χ2v) is 8.08. The Morgan fingerprint density at radius 3 is 2.26 bits per heavy atom. The number of ether oxygens (including phenoxy) is 2. The van der Waals surface area contributed by atoms with Crippen LogP contribution in [0.25, 0.3) is 11.1 Å². The maximum absolute atomic E-state index is 12.7. The fourth-order valence-electron chi connectivity index (χ4n) is 4.14. The quantitative estimate of drug-likeness (QED) is 0.376. The van der Waals surface area contributed by atoms with Crippen LogP contribution in [0.15, 0.2) is 61.2 Å². The lowest BCUT2D eigenvalue weighted by Crippen LogP contribution is -2.43. The summed E-state index contributed by atoms with van der Waals surface area (Å²) in [6, 6.07) is 15.0. The first-order chi connectivity index (χ1) is 16.4. The molecule has 3 rings (SSSR count). The number of carboxylic acids is 1. The van der Waals surface area contributed by atoms with Gasteiger partial charge in [-0.3, -0.25) is 4.90 Å². The molecule has 180 valence electrons. The predicted molar refractivity (Wildman–Crippen MR) is 128 cm³/mol. The summed E-state index contributed by atoms with van der Waals surface area (Å²) in [5.74, 6) is -1.20. The predicted octanol–water partition coefficient (Wildman–Crippen LogP) is 4.40. The summed E-state index contributed by atoms with van der Waals surface area (Å²) in [7, 11) is 1.43. The van der Waals surface area contributed by atoms with Crippen LogP contribution in [0.2, 0.25) is 0 Å². The molecule has 0 bridgehead atoms. The maximum Gasteiger partial charge on any atom is 0.410 e. The third-order valence-electron chi connectivity index (χ3n) is 5.88. The lowest BCUT2D eigenvalue weighted by atomic mass is 9.98. The Kier molecular flexibility index (Phi) is 8.67. The normalized spacial score (nSPS) is 12.7. The number of hydrogen-bond donors (Lipinski definition) is 2. The van der Waals surface area contributed by atoms with E-state index in [0.717, 1.165) is 27.2 Å². The van der Waals surface area contributed by atoms with Crippen molar-refractivity contribution in [3.8, 4) is 11.1 Å². The van der Waals surface area contributed by atoms with Gasteiger partial charge >= 0.3 is 18.2 Å². The smallest absolute Gasteiger partial charge is 0.410 e. The van der Waals surface area contributed by atoms with Gasteiger partial charge in [0, 0.05) is 19.5 Å². The summed E-state index contributed by atoms with van der Waals surface area (Å²) < 4.78 is 10.4. The molecule has 2 amide bonds. The van der Waals surface area contributed by atoms with Gasteiger partial charge in [-0.2, -0.15) is 0 Å². The van der Waals surface area contributed by atoms with Gasteiger partial charge in [0.1, 0.15) is 19.3 Å². The molecule has 0 unspecified atom stereocenters. The van der Waals surface area contributed by atoms with Crippen LogP contribution in [0.5, 0.6) is 0 Å². The van der Waals surface area contributed by atoms with Crippen molar-refractivity contribution in [1.82, 2.24) is 10.2 Å². The molecule has 1 aliphatic rings. The Labute approximate surface area is 199 Å². The van der Waals surface area contributed by atoms with Crippen molar-refractivity contribution in [3.05, 3.63) is 72.3 Å². The molecular formula is C26H30N2O6. The molecule has 34 heavy (non-hydrogen) atoms. The van der Waals surface area contributed by atoms with Gasteiger partial charge in [-0.05, 0) is 41.5 Å². The average Bonchev–Trinajstić information content (AvgIpc) is 3.16. The molecule has 0 spiro atoms. The van der Waals surface area contributed by atoms with Crippen LogP contribution in [0.4, 0.5) is 9.59 Å². The summed E-state index contributed by atoms with van der Waals surface area (Å²) in [6.07, 6.45) is 1.52. The first-order valence-corrected chi connectivity index (χ1v) is 11.3. The summed E-state index contributed by atoms with van der Waals surface area (Å²) in [5.41, 5.74) is 4.43. The van der Waals surface area contributed by atoms with Gasteiger partial charge in [0.2, 0.25) is 0 Å². The molecule has 0 saturated carbocycles. The number of alkyl carbamates (subject to hydrolysis) is 1. The minimum atomic E-state index is -1.10. The first kappa shape index (κ1) is 24.8. The second kappa shape index (κ2) is 11.9. The fourth-order valence-corrected chi connectivity index (χ4v) is 4.14. The van der Waals surface area contributed by atoms with Gasteiger partial charge in [0.05, 0.1) is 0 Å². The number of amides is 2. The van der Waals surface area contributed by atoms with Gasteiger partial charge in [-0.15, -0.1) is 0 Å². The lowest BCUT2D eigenvalue weighted by molar-refractivity contribution is -0.142. The van der Waals surface area contributed by atoms with E-state index >= 15 is 0 Å². The summed E-state index contributed by atoms with van der Waals surface area (Å²) in [5, 5.41) is 12.2. The SMILES string of the molecule is C=CCOC(=O)NCCCC[C@H](C(=O)O)N(C)C(=O)OCC1c2ccccc2-c2ccccc21. The zero-order valence-electron chi connectivity index (χ0n) is 19.2. The number of benzene rings is 2. The molecule has 1 aliphatic carbocycles. The second-order valence-electron chi connectivity index (χ2n) is 8.08. The first-order valence-electron chi connectivity index (χ1n) is 11.3. The van der Waals surface area contributed by atoms with Crippen molar-refractivity contribution in [2.24, 2.45) is 0 Å². The molecule has 2 N–H and O–H groups in total. The summed E-state index contributed by atoms with van der Waals surface area (Å²) >= 11 is 0. The van der Waals surface area contributed by atoms with E-state index in [1.807, 2.05) is 36.4 Å². The van der Waals surface area contributed by atoms with E-state index in [1.54, 1.807) is 0 Å². The maximum atomic E-state index is 12.7. The Morgan fingerprint density at radius 1 is 1.06 bits per heavy atom. The van der Waals surface area contributed by atoms with E-state index in [4.69, 9.17) is 9.47 Å². The number of carbonyl (C=O) groups is 3. The number of likely N-dealkylation sites (N-methyl/N-ethyl adjacent to an activating group) is 1. The molecule has 8 heteroatoms. The van der Waals surface area contributed by atoms with Gasteiger partial charge in [0.15, 0.2) is 0 Å². The molecule has 2 aromatic carbocycles. The van der Waals surface area contributed by atoms with E-state index in [2.05, 4.69) is 24.0 Å². The zero-order chi connectivity index (χ0) is 24.5. The molecule has 1 atom stereocenters. The summed E-state index contributed by atoms with van der Waals surface area (Å²) in [4.78, 5) is 37.0. The molecular weight excluding hydrogens is 436 g/mol. The van der Waals surface area contributed by atoms with Crippen LogP contribution in [0.3, 0.4) is 0 Å². The van der Waals surface area contributed by atoms with E-state index in [9.17, 15) is 19.5 Å². The molecule has 0 heterocycles. The number of hydrogen-bond acceptors (Lipinski definition) is 5. The average molecular weight is 467 g/mol. The number of nitrogens with one attached hydrogen (secondary N) is 1. The number of unbranched alkanes of at least 4 members (excludes halogenated alkanes) is 1. The Bertz CT molecular complexity index is 992. The Balaban J connectivity index is 1.52. The number of rotatable bonds is 11. The van der Waals surface area contributed by atoms with Gasteiger partial charge in [-0.25, -0.2) is 14.4 Å². The lowest BCUT2D eigenvalue weighted by Gasteiger charge is -2.25. The highest BCUT2D eigenvalue weighted by molar-refractivity contribution is 5.81. The van der Waals surface area contributed by atoms with Crippen LogP contribution in [-0.4, -0.2) is 61.0 Å². The third kappa shape index (κ3) is 5.95. The van der Waals surface area contributed by atoms with Crippen LogP contribution < -0.4 is 5.32 Å². The Morgan fingerprint density at radius 2 is 1.68 bits per heavy atom. The third-order valence-corrected chi connectivity index (χ3v) is 5.88. The number of fused-ring (bicyclic) bond motifs is 3. The minimum absolute atomic E-state index is 0.0973. The fraction of sp³-hybridized carbons (Fsp3) is 0.346. The highest BCUT2D eigenvalue weighted by Gasteiger charge is 2.31. The van der Waals surface area contributed by atoms with E-state index < -0.39 is 24.2 Å². The zero-order valence-corrected chi connectivity index (χ0v) is 19.2. The minimum Gasteiger partial charge on any atom is -0.480 e. The molecule has 2 aromatic rings. The largest absolute Gasteiger partial charge is 0.480 e. The van der Waals surface area contributed by atoms with Crippen molar-refractivity contribution in [2.75, 3.05) is 26.8 Å². The summed E-state index contributed by atoms with van der Waals surface area (Å²) in [6.45, 7) is 4.05. The number of carbonyl (C=O) groups excluding carboxylic acids is 2. The van der Waals surface area contributed by atoms with Crippen molar-refractivity contribution >= 4 is 18.2 Å². The van der Waals surface area contributed by atoms with E-state index in [1.165, 1.54) is 13.1 Å². The van der Waals surface area contributed by atoms with Crippen molar-refractivity contribution in [1.29, 1.82) is 0 Å². The van der Waals surface area contributed by atoms with Crippen LogP contribution in [0.1, 0.15) is 36.3 Å². The van der Waals surface area contributed by atoms with Crippen molar-refractivity contribution < 1.29 is 29.0 Å². The van der Waals surface area contributed by atoms with E-state index in [0.29, 0.717) is 19.4 Å². The molecule has 0 saturated heterocycles. The molecule has 0 radical (unpaired) electrons. The standard InChI is InChI=1S/C26H30N2O6/c1-3-16-33-25(31)27-15-9-8-14-23(24(29)30)28(2)26(32)34-17-22-20-12-6-4-10-18(20)19-11-5-7-13-21(19)22/h3-7,10-13,22-23H,1,8-9,14-17H2,2H3,(H,27,31)(H,29,30)/t23-/m1/s1. The molecule has 0 aromatic heterocycles. The van der Waals surface area contributed by atoms with Gasteiger partial charge < -0.3 is 19.9 Å². The highest BCUT2D eigenvalue weighted by Crippen LogP contribution is 2.44. The number of carboxylic acid groups (broad SMARTS) is 1. The van der Waals surface area contributed by atoms with Crippen LogP contribution >= 0.6 is 0 Å². The molecule has 8 nitrogen and oxygen atoms in total. The molecule has 0 fully saturated rings.